The van der Waals surface area contributed by atoms with Gasteiger partial charge in [0.05, 0.1) is 4.53 Å². The Kier molecular flexibility index (Phi) is 4.50. The monoisotopic (exact) mass is 433 g/mol. The molecule has 3 aromatic rings. The average molecular weight is 435 g/mol. The van der Waals surface area contributed by atoms with Crippen LogP contribution in [0.4, 0.5) is 5.69 Å². The van der Waals surface area contributed by atoms with Gasteiger partial charge in [-0.2, -0.15) is 0 Å². The lowest BCUT2D eigenvalue weighted by molar-refractivity contribution is 0.569. The summed E-state index contributed by atoms with van der Waals surface area (Å²) in [6, 6.07) is 15.4. The van der Waals surface area contributed by atoms with Crippen molar-refractivity contribution >= 4 is 50.6 Å². The standard InChI is InChI=1S/C18H13BrClN3OS/c19-13-3-1-2-12(8-13)9-16-17(24)23-11-22(10-21-18(23)25-16)15-6-4-14(20)5-7-15/h1-9H,10-11H2. The fourth-order valence-electron chi connectivity index (χ4n) is 2.67. The highest BCUT2D eigenvalue weighted by Crippen LogP contribution is 2.19. The van der Waals surface area contributed by atoms with Crippen molar-refractivity contribution in [3.8, 4) is 0 Å². The molecule has 2 heterocycles. The summed E-state index contributed by atoms with van der Waals surface area (Å²) < 4.78 is 3.39. The van der Waals surface area contributed by atoms with Gasteiger partial charge in [-0.25, -0.2) is 4.99 Å². The molecule has 0 amide bonds. The highest BCUT2D eigenvalue weighted by atomic mass is 79.9. The maximum atomic E-state index is 12.8. The summed E-state index contributed by atoms with van der Waals surface area (Å²) in [5.41, 5.74) is 1.97. The van der Waals surface area contributed by atoms with E-state index in [0.29, 0.717) is 22.9 Å². The first-order valence-electron chi connectivity index (χ1n) is 7.62. The van der Waals surface area contributed by atoms with Crippen molar-refractivity contribution < 1.29 is 0 Å². The maximum absolute atomic E-state index is 12.8. The van der Waals surface area contributed by atoms with Crippen molar-refractivity contribution in [1.29, 1.82) is 0 Å². The molecule has 0 aliphatic carbocycles. The van der Waals surface area contributed by atoms with Gasteiger partial charge in [-0.05, 0) is 48.0 Å². The minimum absolute atomic E-state index is 0.0117. The van der Waals surface area contributed by atoms with Crippen LogP contribution in [0.1, 0.15) is 5.56 Å². The minimum atomic E-state index is -0.0117. The van der Waals surface area contributed by atoms with Gasteiger partial charge in [-0.15, -0.1) is 0 Å². The molecule has 7 heteroatoms. The van der Waals surface area contributed by atoms with Crippen LogP contribution < -0.4 is 19.8 Å². The number of anilines is 1. The molecule has 1 aromatic heterocycles. The lowest BCUT2D eigenvalue weighted by Crippen LogP contribution is -2.42. The fourth-order valence-corrected chi connectivity index (χ4v) is 4.18. The molecule has 4 nitrogen and oxygen atoms in total. The molecule has 0 saturated carbocycles. The maximum Gasteiger partial charge on any atom is 0.271 e. The third-order valence-corrected chi connectivity index (χ3v) is 5.70. The van der Waals surface area contributed by atoms with Crippen LogP contribution in [0.5, 0.6) is 0 Å². The SMILES string of the molecule is O=c1c(=Cc2cccc(Br)c2)sc2n1CN(c1ccc(Cl)cc1)CN=2. The van der Waals surface area contributed by atoms with E-state index in [2.05, 4.69) is 20.9 Å². The molecular formula is C18H13BrClN3OS. The normalized spacial score (nSPS) is 14.3. The quantitative estimate of drug-likeness (QED) is 0.621. The Morgan fingerprint density at radius 1 is 1.20 bits per heavy atom. The second-order valence-electron chi connectivity index (χ2n) is 5.64. The zero-order chi connectivity index (χ0) is 17.4. The van der Waals surface area contributed by atoms with Crippen LogP contribution in [0.2, 0.25) is 5.02 Å². The van der Waals surface area contributed by atoms with Gasteiger partial charge in [-0.1, -0.05) is 51.0 Å². The largest absolute Gasteiger partial charge is 0.334 e. The summed E-state index contributed by atoms with van der Waals surface area (Å²) in [5, 5.41) is 0.692. The number of thiazole rings is 1. The molecule has 0 atom stereocenters. The van der Waals surface area contributed by atoms with Gasteiger partial charge >= 0.3 is 0 Å². The Morgan fingerprint density at radius 3 is 2.76 bits per heavy atom. The summed E-state index contributed by atoms with van der Waals surface area (Å²) in [6.45, 7) is 1.01. The van der Waals surface area contributed by atoms with Gasteiger partial charge in [-0.3, -0.25) is 9.36 Å². The first kappa shape index (κ1) is 16.6. The molecule has 0 bridgehead atoms. The predicted octanol–water partition coefficient (Wildman–Crippen LogP) is 3.21. The lowest BCUT2D eigenvalue weighted by atomic mass is 10.2. The number of fused-ring (bicyclic) bond motifs is 1. The average Bonchev–Trinajstić information content (AvgIpc) is 2.91. The molecule has 1 aliphatic heterocycles. The van der Waals surface area contributed by atoms with Crippen molar-refractivity contribution in [3.05, 3.63) is 83.3 Å². The van der Waals surface area contributed by atoms with E-state index < -0.39 is 0 Å². The van der Waals surface area contributed by atoms with Crippen LogP contribution in [0, 0.1) is 0 Å². The fraction of sp³-hybridized carbons (Fsp3) is 0.111. The molecule has 0 spiro atoms. The molecule has 126 valence electrons. The van der Waals surface area contributed by atoms with Gasteiger partial charge in [0.1, 0.15) is 13.3 Å². The summed E-state index contributed by atoms with van der Waals surface area (Å²) in [5.74, 6) is 0. The van der Waals surface area contributed by atoms with Gasteiger partial charge < -0.3 is 4.90 Å². The molecule has 1 aliphatic rings. The van der Waals surface area contributed by atoms with Crippen LogP contribution in [0.15, 0.2) is 62.8 Å². The van der Waals surface area contributed by atoms with E-state index in [0.717, 1.165) is 20.5 Å². The number of hydrogen-bond acceptors (Lipinski definition) is 4. The number of rotatable bonds is 2. The third kappa shape index (κ3) is 3.42. The smallest absolute Gasteiger partial charge is 0.271 e. The summed E-state index contributed by atoms with van der Waals surface area (Å²) >= 11 is 10.8. The Hall–Kier alpha value is -1.89. The molecular weight excluding hydrogens is 422 g/mol. The second-order valence-corrected chi connectivity index (χ2v) is 8.00. The predicted molar refractivity (Wildman–Crippen MR) is 106 cm³/mol. The van der Waals surface area contributed by atoms with Crippen LogP contribution in [0.3, 0.4) is 0 Å². The van der Waals surface area contributed by atoms with Crippen molar-refractivity contribution in [2.45, 2.75) is 6.67 Å². The Bertz CT molecular complexity index is 1100. The van der Waals surface area contributed by atoms with Gasteiger partial charge in [0.15, 0.2) is 4.80 Å². The van der Waals surface area contributed by atoms with Crippen molar-refractivity contribution in [2.24, 2.45) is 4.99 Å². The van der Waals surface area contributed by atoms with Crippen LogP contribution in [0.25, 0.3) is 6.08 Å². The minimum Gasteiger partial charge on any atom is -0.334 e. The molecule has 4 rings (SSSR count). The van der Waals surface area contributed by atoms with E-state index in [1.54, 1.807) is 4.57 Å². The molecule has 0 fully saturated rings. The van der Waals surface area contributed by atoms with Crippen LogP contribution in [-0.2, 0) is 6.67 Å². The topological polar surface area (TPSA) is 37.6 Å². The Balaban J connectivity index is 1.71. The number of halogens is 2. The van der Waals surface area contributed by atoms with E-state index in [9.17, 15) is 4.79 Å². The summed E-state index contributed by atoms with van der Waals surface area (Å²) in [6.07, 6.45) is 1.91. The van der Waals surface area contributed by atoms with E-state index in [1.807, 2.05) is 59.5 Å². The lowest BCUT2D eigenvalue weighted by Gasteiger charge is -2.25. The zero-order valence-electron chi connectivity index (χ0n) is 13.0. The van der Waals surface area contributed by atoms with Crippen molar-refractivity contribution in [3.63, 3.8) is 0 Å². The highest BCUT2D eigenvalue weighted by molar-refractivity contribution is 9.10. The molecule has 25 heavy (non-hydrogen) atoms. The van der Waals surface area contributed by atoms with E-state index >= 15 is 0 Å². The van der Waals surface area contributed by atoms with Crippen molar-refractivity contribution in [2.75, 3.05) is 11.6 Å². The van der Waals surface area contributed by atoms with E-state index in [-0.39, 0.29) is 5.56 Å². The van der Waals surface area contributed by atoms with E-state index in [1.165, 1.54) is 11.3 Å². The number of aromatic nitrogens is 1. The van der Waals surface area contributed by atoms with Gasteiger partial charge in [0.2, 0.25) is 0 Å². The van der Waals surface area contributed by atoms with Crippen molar-refractivity contribution in [1.82, 2.24) is 4.57 Å². The first-order valence-corrected chi connectivity index (χ1v) is 9.61. The Morgan fingerprint density at radius 2 is 2.00 bits per heavy atom. The zero-order valence-corrected chi connectivity index (χ0v) is 16.2. The van der Waals surface area contributed by atoms with Crippen LogP contribution in [-0.4, -0.2) is 11.2 Å². The first-order chi connectivity index (χ1) is 12.1. The molecule has 0 unspecified atom stereocenters. The number of nitrogens with zero attached hydrogens (tertiary/aromatic N) is 3. The highest BCUT2D eigenvalue weighted by Gasteiger charge is 2.15. The molecule has 2 aromatic carbocycles. The summed E-state index contributed by atoms with van der Waals surface area (Å²) in [7, 11) is 0. The number of hydrogen-bond donors (Lipinski definition) is 0. The molecule has 0 N–H and O–H groups in total. The summed E-state index contributed by atoms with van der Waals surface area (Å²) in [4.78, 5) is 20.1. The van der Waals surface area contributed by atoms with Gasteiger partial charge in [0.25, 0.3) is 5.56 Å². The van der Waals surface area contributed by atoms with Crippen LogP contribution >= 0.6 is 38.9 Å². The second kappa shape index (κ2) is 6.78. The molecule has 0 radical (unpaired) electrons. The van der Waals surface area contributed by atoms with E-state index in [4.69, 9.17) is 11.6 Å². The Labute approximate surface area is 161 Å². The molecule has 0 saturated heterocycles. The van der Waals surface area contributed by atoms with Gasteiger partial charge in [0, 0.05) is 15.2 Å². The number of benzene rings is 2. The third-order valence-electron chi connectivity index (χ3n) is 3.92.